The Balaban J connectivity index is 2.34. The van der Waals surface area contributed by atoms with Crippen molar-refractivity contribution in [2.75, 3.05) is 7.11 Å². The monoisotopic (exact) mass is 374 g/mol. The molecule has 3 atom stereocenters. The molecule has 100 valence electrons. The van der Waals surface area contributed by atoms with E-state index in [4.69, 9.17) is 4.74 Å². The van der Waals surface area contributed by atoms with Crippen molar-refractivity contribution in [2.45, 2.75) is 37.9 Å². The zero-order valence-corrected chi connectivity index (χ0v) is 14.3. The molecular formula is C15H20Br2O. The van der Waals surface area contributed by atoms with Crippen LogP contribution in [0.15, 0.2) is 16.6 Å². The first-order chi connectivity index (χ1) is 8.54. The second-order valence-corrected chi connectivity index (χ2v) is 7.16. The van der Waals surface area contributed by atoms with Crippen LogP contribution in [0.4, 0.5) is 0 Å². The van der Waals surface area contributed by atoms with Crippen molar-refractivity contribution in [2.24, 2.45) is 11.8 Å². The average molecular weight is 376 g/mol. The Kier molecular flexibility index (Phi) is 4.76. The highest BCUT2D eigenvalue weighted by Crippen LogP contribution is 2.47. The summed E-state index contributed by atoms with van der Waals surface area (Å²) in [5, 5.41) is 0. The van der Waals surface area contributed by atoms with Gasteiger partial charge in [-0.25, -0.2) is 0 Å². The molecule has 1 fully saturated rings. The van der Waals surface area contributed by atoms with Crippen molar-refractivity contribution in [1.29, 1.82) is 0 Å². The van der Waals surface area contributed by atoms with Crippen LogP contribution in [0.2, 0.25) is 0 Å². The lowest BCUT2D eigenvalue weighted by Crippen LogP contribution is -2.11. The van der Waals surface area contributed by atoms with E-state index in [0.29, 0.717) is 10.7 Å². The molecule has 1 aliphatic rings. The number of alkyl halides is 1. The summed E-state index contributed by atoms with van der Waals surface area (Å²) in [7, 11) is 1.75. The predicted molar refractivity (Wildman–Crippen MR) is 83.6 cm³/mol. The standard InChI is InChI=1S/C15H20Br2O/c1-9-5-4-6-11(9)15(17)12-8-13(16)10(2)7-14(12)18-3/h7-9,11,15H,4-6H2,1-3H3. The predicted octanol–water partition coefficient (Wildman–Crippen LogP) is 5.64. The fourth-order valence-corrected chi connectivity index (χ4v) is 4.41. The van der Waals surface area contributed by atoms with E-state index >= 15 is 0 Å². The lowest BCUT2D eigenvalue weighted by atomic mass is 9.90. The fourth-order valence-electron chi connectivity index (χ4n) is 2.90. The van der Waals surface area contributed by atoms with E-state index in [1.165, 1.54) is 30.4 Å². The zero-order valence-electron chi connectivity index (χ0n) is 11.2. The summed E-state index contributed by atoms with van der Waals surface area (Å²) in [6, 6.07) is 4.33. The molecule has 0 spiro atoms. The molecule has 0 saturated heterocycles. The van der Waals surface area contributed by atoms with E-state index in [-0.39, 0.29) is 0 Å². The minimum Gasteiger partial charge on any atom is -0.496 e. The van der Waals surface area contributed by atoms with Crippen LogP contribution in [-0.4, -0.2) is 7.11 Å². The van der Waals surface area contributed by atoms with Crippen LogP contribution >= 0.6 is 31.9 Å². The van der Waals surface area contributed by atoms with Gasteiger partial charge in [-0.1, -0.05) is 51.6 Å². The summed E-state index contributed by atoms with van der Waals surface area (Å²) >= 11 is 7.53. The SMILES string of the molecule is COc1cc(C)c(Br)cc1C(Br)C1CCCC1C. The Hall–Kier alpha value is -0.0200. The molecule has 1 saturated carbocycles. The Morgan fingerprint density at radius 2 is 2.06 bits per heavy atom. The molecule has 0 heterocycles. The van der Waals surface area contributed by atoms with E-state index in [0.717, 1.165) is 16.1 Å². The normalized spacial score (nSPS) is 25.2. The van der Waals surface area contributed by atoms with Crippen LogP contribution in [-0.2, 0) is 0 Å². The Bertz CT molecular complexity index is 431. The minimum absolute atomic E-state index is 0.391. The van der Waals surface area contributed by atoms with Gasteiger partial charge in [0.25, 0.3) is 0 Å². The quantitative estimate of drug-likeness (QED) is 0.621. The molecule has 0 aliphatic heterocycles. The molecule has 3 heteroatoms. The number of hydrogen-bond donors (Lipinski definition) is 0. The number of halogens is 2. The maximum atomic E-state index is 5.55. The lowest BCUT2D eigenvalue weighted by Gasteiger charge is -2.24. The molecule has 1 nitrogen and oxygen atoms in total. The topological polar surface area (TPSA) is 9.23 Å². The molecule has 1 aromatic carbocycles. The fraction of sp³-hybridized carbons (Fsp3) is 0.600. The molecule has 1 aromatic rings. The van der Waals surface area contributed by atoms with Crippen molar-refractivity contribution in [3.8, 4) is 5.75 Å². The van der Waals surface area contributed by atoms with Crippen LogP contribution in [0.1, 0.15) is 42.1 Å². The molecule has 3 unspecified atom stereocenters. The first-order valence-corrected chi connectivity index (χ1v) is 8.23. The van der Waals surface area contributed by atoms with Gasteiger partial charge < -0.3 is 4.74 Å². The maximum absolute atomic E-state index is 5.55. The summed E-state index contributed by atoms with van der Waals surface area (Å²) < 4.78 is 6.71. The average Bonchev–Trinajstić information content (AvgIpc) is 2.77. The summed E-state index contributed by atoms with van der Waals surface area (Å²) in [6.45, 7) is 4.46. The van der Waals surface area contributed by atoms with Gasteiger partial charge in [0.05, 0.1) is 7.11 Å². The van der Waals surface area contributed by atoms with E-state index in [1.807, 2.05) is 0 Å². The third-order valence-electron chi connectivity index (χ3n) is 4.11. The summed E-state index contributed by atoms with van der Waals surface area (Å²) in [5.74, 6) is 2.50. The Morgan fingerprint density at radius 1 is 1.33 bits per heavy atom. The van der Waals surface area contributed by atoms with Gasteiger partial charge in [0.15, 0.2) is 0 Å². The smallest absolute Gasteiger partial charge is 0.123 e. The van der Waals surface area contributed by atoms with Gasteiger partial charge in [-0.3, -0.25) is 0 Å². The van der Waals surface area contributed by atoms with Gasteiger partial charge in [-0.2, -0.15) is 0 Å². The highest BCUT2D eigenvalue weighted by molar-refractivity contribution is 9.10. The van der Waals surface area contributed by atoms with E-state index < -0.39 is 0 Å². The largest absolute Gasteiger partial charge is 0.496 e. The molecule has 0 radical (unpaired) electrons. The second kappa shape index (κ2) is 5.96. The minimum atomic E-state index is 0.391. The Morgan fingerprint density at radius 3 is 2.61 bits per heavy atom. The van der Waals surface area contributed by atoms with Gasteiger partial charge >= 0.3 is 0 Å². The lowest BCUT2D eigenvalue weighted by molar-refractivity contribution is 0.384. The van der Waals surface area contributed by atoms with Crippen LogP contribution in [0.5, 0.6) is 5.75 Å². The third kappa shape index (κ3) is 2.77. The molecule has 1 aliphatic carbocycles. The zero-order chi connectivity index (χ0) is 13.3. The van der Waals surface area contributed by atoms with Gasteiger partial charge in [0.2, 0.25) is 0 Å². The second-order valence-electron chi connectivity index (χ2n) is 5.32. The molecule has 0 amide bonds. The van der Waals surface area contributed by atoms with E-state index in [9.17, 15) is 0 Å². The first-order valence-electron chi connectivity index (χ1n) is 6.52. The van der Waals surface area contributed by atoms with Crippen molar-refractivity contribution in [3.05, 3.63) is 27.7 Å². The maximum Gasteiger partial charge on any atom is 0.123 e. The van der Waals surface area contributed by atoms with Crippen molar-refractivity contribution in [3.63, 3.8) is 0 Å². The summed E-state index contributed by atoms with van der Waals surface area (Å²) in [5.41, 5.74) is 2.49. The highest BCUT2D eigenvalue weighted by Gasteiger charge is 2.32. The highest BCUT2D eigenvalue weighted by atomic mass is 79.9. The van der Waals surface area contributed by atoms with Crippen molar-refractivity contribution in [1.82, 2.24) is 0 Å². The van der Waals surface area contributed by atoms with Gasteiger partial charge in [0.1, 0.15) is 5.75 Å². The van der Waals surface area contributed by atoms with Crippen molar-refractivity contribution >= 4 is 31.9 Å². The van der Waals surface area contributed by atoms with Crippen LogP contribution in [0, 0.1) is 18.8 Å². The van der Waals surface area contributed by atoms with Gasteiger partial charge in [0, 0.05) is 14.9 Å². The van der Waals surface area contributed by atoms with Crippen LogP contribution in [0.25, 0.3) is 0 Å². The number of methoxy groups -OCH3 is 1. The molecule has 18 heavy (non-hydrogen) atoms. The molecule has 0 N–H and O–H groups in total. The van der Waals surface area contributed by atoms with E-state index in [2.05, 4.69) is 57.8 Å². The number of aryl methyl sites for hydroxylation is 1. The summed E-state index contributed by atoms with van der Waals surface area (Å²) in [4.78, 5) is 0.391. The Labute approximate surface area is 127 Å². The van der Waals surface area contributed by atoms with Crippen LogP contribution < -0.4 is 4.74 Å². The van der Waals surface area contributed by atoms with Crippen molar-refractivity contribution < 1.29 is 4.74 Å². The molecular weight excluding hydrogens is 356 g/mol. The third-order valence-corrected chi connectivity index (χ3v) is 6.14. The first kappa shape index (κ1) is 14.4. The van der Waals surface area contributed by atoms with Gasteiger partial charge in [-0.05, 0) is 42.9 Å². The summed E-state index contributed by atoms with van der Waals surface area (Å²) in [6.07, 6.45) is 4.01. The number of ether oxygens (including phenoxy) is 1. The molecule has 0 aromatic heterocycles. The number of rotatable bonds is 3. The van der Waals surface area contributed by atoms with E-state index in [1.54, 1.807) is 7.11 Å². The number of hydrogen-bond acceptors (Lipinski definition) is 1. The molecule has 2 rings (SSSR count). The number of benzene rings is 1. The molecule has 0 bridgehead atoms. The van der Waals surface area contributed by atoms with Crippen LogP contribution in [0.3, 0.4) is 0 Å². The van der Waals surface area contributed by atoms with Gasteiger partial charge in [-0.15, -0.1) is 0 Å².